The zero-order chi connectivity index (χ0) is 16.2. The first-order chi connectivity index (χ1) is 9.76. The van der Waals surface area contributed by atoms with Gasteiger partial charge >= 0.3 is 11.9 Å². The molecule has 1 aliphatic rings. The highest BCUT2D eigenvalue weighted by molar-refractivity contribution is 7.80. The first-order valence-electron chi connectivity index (χ1n) is 6.49. The molecule has 0 saturated heterocycles. The van der Waals surface area contributed by atoms with Gasteiger partial charge in [-0.1, -0.05) is 19.1 Å². The summed E-state index contributed by atoms with van der Waals surface area (Å²) >= 11 is 5.01. The van der Waals surface area contributed by atoms with Gasteiger partial charge in [-0.15, -0.1) is 0 Å². The molecular weight excluding hydrogens is 296 g/mol. The van der Waals surface area contributed by atoms with Crippen LogP contribution in [0.15, 0.2) is 0 Å². The van der Waals surface area contributed by atoms with E-state index in [0.717, 1.165) is 4.90 Å². The van der Waals surface area contributed by atoms with E-state index in [1.54, 1.807) is 0 Å². The van der Waals surface area contributed by atoms with Crippen molar-refractivity contribution in [2.75, 3.05) is 27.3 Å². The number of carbonyl (C=O) groups excluding carboxylic acids is 3. The van der Waals surface area contributed by atoms with Crippen molar-refractivity contribution < 1.29 is 23.9 Å². The van der Waals surface area contributed by atoms with Crippen molar-refractivity contribution in [2.45, 2.75) is 19.8 Å². The highest BCUT2D eigenvalue weighted by atomic mass is 32.1. The van der Waals surface area contributed by atoms with Gasteiger partial charge in [-0.2, -0.15) is 0 Å². The van der Waals surface area contributed by atoms with Crippen LogP contribution in [0.3, 0.4) is 0 Å². The summed E-state index contributed by atoms with van der Waals surface area (Å²) in [7, 11) is 2.41. The van der Waals surface area contributed by atoms with Crippen molar-refractivity contribution in [1.82, 2.24) is 4.90 Å². The molecule has 0 unspecified atom stereocenters. The maximum atomic E-state index is 12.7. The molecule has 0 radical (unpaired) electrons. The van der Waals surface area contributed by atoms with Gasteiger partial charge in [0.05, 0.1) is 24.6 Å². The van der Waals surface area contributed by atoms with Gasteiger partial charge in [-0.3, -0.25) is 14.4 Å². The Morgan fingerprint density at radius 3 is 1.90 bits per heavy atom. The molecule has 118 valence electrons. The Hall–Kier alpha value is -1.70. The third kappa shape index (κ3) is 3.69. The molecule has 0 aromatic heterocycles. The molecule has 0 atom stereocenters. The molecule has 1 aliphatic carbocycles. The molecule has 1 fully saturated rings. The van der Waals surface area contributed by atoms with E-state index in [9.17, 15) is 14.4 Å². The van der Waals surface area contributed by atoms with Crippen LogP contribution >= 0.6 is 12.2 Å². The highest BCUT2D eigenvalue weighted by Crippen LogP contribution is 2.47. The molecule has 7 nitrogen and oxygen atoms in total. The Bertz CT molecular complexity index is 441. The Morgan fingerprint density at radius 1 is 1.19 bits per heavy atom. The van der Waals surface area contributed by atoms with Crippen molar-refractivity contribution in [3.63, 3.8) is 0 Å². The summed E-state index contributed by atoms with van der Waals surface area (Å²) in [6.07, 6.45) is 1.03. The lowest BCUT2D eigenvalue weighted by Crippen LogP contribution is -2.58. The van der Waals surface area contributed by atoms with Crippen LogP contribution in [0.1, 0.15) is 19.8 Å². The highest BCUT2D eigenvalue weighted by Gasteiger charge is 2.53. The van der Waals surface area contributed by atoms with Crippen LogP contribution in [0, 0.1) is 11.3 Å². The average molecular weight is 316 g/mol. The fraction of sp³-hybridized carbons (Fsp3) is 0.692. The van der Waals surface area contributed by atoms with E-state index in [1.807, 2.05) is 6.92 Å². The van der Waals surface area contributed by atoms with Gasteiger partial charge in [0.25, 0.3) is 0 Å². The predicted molar refractivity (Wildman–Crippen MR) is 78.2 cm³/mol. The van der Waals surface area contributed by atoms with Crippen LogP contribution in [0.25, 0.3) is 0 Å². The molecule has 21 heavy (non-hydrogen) atoms. The number of ether oxygens (including phenoxy) is 2. The molecule has 0 aliphatic heterocycles. The summed E-state index contributed by atoms with van der Waals surface area (Å²) in [5.41, 5.74) is 4.74. The third-order valence-corrected chi connectivity index (χ3v) is 4.05. The van der Waals surface area contributed by atoms with E-state index >= 15 is 0 Å². The SMILES string of the molecule is COC(=O)CN(CC(=O)OC)C(=O)C1(C(N)=S)CC(C)C1. The van der Waals surface area contributed by atoms with Gasteiger partial charge in [0.2, 0.25) is 5.91 Å². The monoisotopic (exact) mass is 316 g/mol. The first-order valence-corrected chi connectivity index (χ1v) is 6.90. The molecule has 0 heterocycles. The predicted octanol–water partition coefficient (Wildman–Crippen LogP) is -0.137. The van der Waals surface area contributed by atoms with Crippen LogP contribution < -0.4 is 5.73 Å². The van der Waals surface area contributed by atoms with E-state index in [1.165, 1.54) is 14.2 Å². The van der Waals surface area contributed by atoms with Crippen LogP contribution in [0.2, 0.25) is 0 Å². The smallest absolute Gasteiger partial charge is 0.325 e. The minimum atomic E-state index is -0.975. The van der Waals surface area contributed by atoms with Crippen molar-refractivity contribution >= 4 is 35.1 Å². The zero-order valence-corrected chi connectivity index (χ0v) is 13.2. The number of thiocarbonyl (C=S) groups is 1. The number of esters is 2. The molecule has 0 aromatic carbocycles. The number of amides is 1. The second kappa shape index (κ2) is 6.84. The minimum Gasteiger partial charge on any atom is -0.468 e. The number of hydrogen-bond donors (Lipinski definition) is 1. The van der Waals surface area contributed by atoms with Crippen molar-refractivity contribution in [3.8, 4) is 0 Å². The average Bonchev–Trinajstić information content (AvgIpc) is 2.41. The number of carbonyl (C=O) groups is 3. The lowest BCUT2D eigenvalue weighted by atomic mass is 9.61. The molecule has 8 heteroatoms. The minimum absolute atomic E-state index is 0.0883. The van der Waals surface area contributed by atoms with Crippen LogP contribution in [-0.4, -0.2) is 55.0 Å². The molecule has 1 saturated carbocycles. The van der Waals surface area contributed by atoms with Gasteiger partial charge in [0.15, 0.2) is 0 Å². The maximum Gasteiger partial charge on any atom is 0.325 e. The summed E-state index contributed by atoms with van der Waals surface area (Å²) in [6, 6.07) is 0. The lowest BCUT2D eigenvalue weighted by Gasteiger charge is -2.46. The molecule has 2 N–H and O–H groups in total. The van der Waals surface area contributed by atoms with E-state index in [0.29, 0.717) is 18.8 Å². The Kier molecular flexibility index (Phi) is 5.65. The zero-order valence-electron chi connectivity index (χ0n) is 12.4. The summed E-state index contributed by atoms with van der Waals surface area (Å²) in [5.74, 6) is -1.37. The molecule has 1 amide bonds. The topological polar surface area (TPSA) is 98.9 Å². The lowest BCUT2D eigenvalue weighted by molar-refractivity contribution is -0.157. The maximum absolute atomic E-state index is 12.7. The fourth-order valence-corrected chi connectivity index (χ4v) is 2.81. The van der Waals surface area contributed by atoms with Crippen molar-refractivity contribution in [2.24, 2.45) is 17.1 Å². The van der Waals surface area contributed by atoms with E-state index < -0.39 is 23.3 Å². The quantitative estimate of drug-likeness (QED) is 0.538. The number of hydrogen-bond acceptors (Lipinski definition) is 6. The first kappa shape index (κ1) is 17.4. The van der Waals surface area contributed by atoms with Crippen molar-refractivity contribution in [1.29, 1.82) is 0 Å². The van der Waals surface area contributed by atoms with E-state index in [2.05, 4.69) is 9.47 Å². The largest absolute Gasteiger partial charge is 0.468 e. The third-order valence-electron chi connectivity index (χ3n) is 3.66. The number of rotatable bonds is 6. The standard InChI is InChI=1S/C13H20N2O5S/c1-8-4-13(5-8,11(14)21)12(18)15(6-9(16)19-2)7-10(17)20-3/h8H,4-7H2,1-3H3,(H2,14,21). The Labute approximate surface area is 128 Å². The summed E-state index contributed by atoms with van der Waals surface area (Å²) in [5, 5.41) is 0. The number of nitrogens with zero attached hydrogens (tertiary/aromatic N) is 1. The Morgan fingerprint density at radius 2 is 1.62 bits per heavy atom. The van der Waals surface area contributed by atoms with E-state index in [4.69, 9.17) is 18.0 Å². The van der Waals surface area contributed by atoms with Crippen LogP contribution in [-0.2, 0) is 23.9 Å². The van der Waals surface area contributed by atoms with Gasteiger partial charge < -0.3 is 20.1 Å². The van der Waals surface area contributed by atoms with Gasteiger partial charge in [0, 0.05) is 0 Å². The normalized spacial score (nSPS) is 23.7. The number of methoxy groups -OCH3 is 2. The summed E-state index contributed by atoms with van der Waals surface area (Å²) in [6.45, 7) is 1.29. The summed E-state index contributed by atoms with van der Waals surface area (Å²) in [4.78, 5) is 36.7. The fourth-order valence-electron chi connectivity index (χ4n) is 2.55. The number of nitrogens with two attached hydrogens (primary N) is 1. The van der Waals surface area contributed by atoms with Gasteiger partial charge in [-0.25, -0.2) is 0 Å². The van der Waals surface area contributed by atoms with E-state index in [-0.39, 0.29) is 18.1 Å². The van der Waals surface area contributed by atoms with Crippen molar-refractivity contribution in [3.05, 3.63) is 0 Å². The Balaban J connectivity index is 2.95. The second-order valence-electron chi connectivity index (χ2n) is 5.27. The van der Waals surface area contributed by atoms with Gasteiger partial charge in [0.1, 0.15) is 13.1 Å². The molecular formula is C13H20N2O5S. The molecule has 0 aromatic rings. The second-order valence-corrected chi connectivity index (χ2v) is 5.71. The molecule has 0 bridgehead atoms. The van der Waals surface area contributed by atoms with Gasteiger partial charge in [-0.05, 0) is 18.8 Å². The summed E-state index contributed by atoms with van der Waals surface area (Å²) < 4.78 is 9.09. The van der Waals surface area contributed by atoms with Crippen LogP contribution in [0.5, 0.6) is 0 Å². The van der Waals surface area contributed by atoms with Crippen LogP contribution in [0.4, 0.5) is 0 Å². The molecule has 0 spiro atoms. The molecule has 1 rings (SSSR count).